The average Bonchev–Trinajstić information content (AvgIpc) is 3.03. The van der Waals surface area contributed by atoms with Gasteiger partial charge in [0, 0.05) is 15.6 Å². The molecule has 0 aliphatic heterocycles. The number of halogens is 1. The maximum Gasteiger partial charge on any atom is 0.143 e. The fourth-order valence-corrected chi connectivity index (χ4v) is 4.54. The summed E-state index contributed by atoms with van der Waals surface area (Å²) in [5, 5.41) is 5.45. The van der Waals surface area contributed by atoms with Gasteiger partial charge in [-0.1, -0.05) is 17.7 Å². The minimum Gasteiger partial charge on any atom is -0.339 e. The van der Waals surface area contributed by atoms with Crippen molar-refractivity contribution >= 4 is 44.7 Å². The van der Waals surface area contributed by atoms with Crippen LogP contribution in [0.3, 0.4) is 0 Å². The number of aromatic nitrogens is 2. The molecular weight excluding hydrogens is 314 g/mol. The van der Waals surface area contributed by atoms with Crippen molar-refractivity contribution in [1.29, 1.82) is 0 Å². The molecule has 0 radical (unpaired) electrons. The topological polar surface area (TPSA) is 37.8 Å². The molecule has 0 saturated carbocycles. The fourth-order valence-electron chi connectivity index (χ4n) is 3.06. The van der Waals surface area contributed by atoms with E-state index in [1.54, 1.807) is 0 Å². The number of hydrogen-bond donors (Lipinski definition) is 1. The van der Waals surface area contributed by atoms with Crippen LogP contribution in [0.4, 0.5) is 11.5 Å². The van der Waals surface area contributed by atoms with Crippen LogP contribution in [0.5, 0.6) is 0 Å². The van der Waals surface area contributed by atoms with Gasteiger partial charge in [0.25, 0.3) is 0 Å². The Morgan fingerprint density at radius 2 is 2.05 bits per heavy atom. The first kappa shape index (κ1) is 14.0. The standard InChI is InChI=1S/C17H16ClN3S/c1-9-12(18)6-4-7-13(9)21-16-15-11-5-3-8-14(11)22-17(15)20-10(2)19-16/h4,6-7H,3,5,8H2,1-2H3,(H,19,20,21). The minimum atomic E-state index is 0.766. The predicted octanol–water partition coefficient (Wildman–Crippen LogP) is 5.19. The molecule has 4 rings (SSSR count). The molecule has 0 amide bonds. The molecule has 112 valence electrons. The predicted molar refractivity (Wildman–Crippen MR) is 93.6 cm³/mol. The summed E-state index contributed by atoms with van der Waals surface area (Å²) in [5.41, 5.74) is 3.48. The summed E-state index contributed by atoms with van der Waals surface area (Å²) in [4.78, 5) is 11.9. The highest BCUT2D eigenvalue weighted by Crippen LogP contribution is 2.40. The van der Waals surface area contributed by atoms with Crippen molar-refractivity contribution in [2.24, 2.45) is 0 Å². The Balaban J connectivity index is 1.89. The van der Waals surface area contributed by atoms with Gasteiger partial charge in [-0.05, 0) is 56.4 Å². The maximum atomic E-state index is 6.23. The lowest BCUT2D eigenvalue weighted by atomic mass is 10.1. The number of thiophene rings is 1. The molecule has 5 heteroatoms. The number of nitrogens with zero attached hydrogens (tertiary/aromatic N) is 2. The molecule has 0 bridgehead atoms. The van der Waals surface area contributed by atoms with Crippen molar-refractivity contribution in [2.75, 3.05) is 5.32 Å². The third kappa shape index (κ3) is 2.18. The van der Waals surface area contributed by atoms with E-state index in [2.05, 4.69) is 15.3 Å². The monoisotopic (exact) mass is 329 g/mol. The molecular formula is C17H16ClN3S. The average molecular weight is 330 g/mol. The van der Waals surface area contributed by atoms with Gasteiger partial charge < -0.3 is 5.32 Å². The SMILES string of the molecule is Cc1nc(Nc2cccc(Cl)c2C)c2c3c(sc2n1)CCC3. The van der Waals surface area contributed by atoms with Crippen molar-refractivity contribution in [1.82, 2.24) is 9.97 Å². The van der Waals surface area contributed by atoms with Gasteiger partial charge in [0.05, 0.1) is 5.39 Å². The Hall–Kier alpha value is -1.65. The zero-order valence-corrected chi connectivity index (χ0v) is 14.1. The Labute approximate surface area is 138 Å². The Kier molecular flexibility index (Phi) is 3.31. The first-order valence-corrected chi connectivity index (χ1v) is 8.64. The molecule has 1 aromatic carbocycles. The summed E-state index contributed by atoms with van der Waals surface area (Å²) >= 11 is 8.05. The third-order valence-electron chi connectivity index (χ3n) is 4.20. The number of aryl methyl sites for hydroxylation is 3. The van der Waals surface area contributed by atoms with E-state index < -0.39 is 0 Å². The summed E-state index contributed by atoms with van der Waals surface area (Å²) in [7, 11) is 0. The van der Waals surface area contributed by atoms with Gasteiger partial charge in [0.2, 0.25) is 0 Å². The second-order valence-corrected chi connectivity index (χ2v) is 7.19. The summed E-state index contributed by atoms with van der Waals surface area (Å²) in [6.45, 7) is 3.97. The van der Waals surface area contributed by atoms with Crippen LogP contribution in [0.1, 0.15) is 28.2 Å². The zero-order valence-electron chi connectivity index (χ0n) is 12.5. The lowest BCUT2D eigenvalue weighted by Crippen LogP contribution is -2.00. The number of anilines is 2. The van der Waals surface area contributed by atoms with Crippen LogP contribution in [0.2, 0.25) is 5.02 Å². The molecule has 0 spiro atoms. The Morgan fingerprint density at radius 1 is 1.18 bits per heavy atom. The summed E-state index contributed by atoms with van der Waals surface area (Å²) in [6, 6.07) is 5.91. The van der Waals surface area contributed by atoms with Crippen LogP contribution in [-0.2, 0) is 12.8 Å². The highest BCUT2D eigenvalue weighted by molar-refractivity contribution is 7.19. The van der Waals surface area contributed by atoms with Crippen LogP contribution in [0, 0.1) is 13.8 Å². The first-order chi connectivity index (χ1) is 10.6. The van der Waals surface area contributed by atoms with E-state index in [0.717, 1.165) is 39.2 Å². The van der Waals surface area contributed by atoms with Crippen LogP contribution in [0.15, 0.2) is 18.2 Å². The van der Waals surface area contributed by atoms with Crippen molar-refractivity contribution in [2.45, 2.75) is 33.1 Å². The van der Waals surface area contributed by atoms with Crippen molar-refractivity contribution in [3.63, 3.8) is 0 Å². The van der Waals surface area contributed by atoms with Gasteiger partial charge in [-0.25, -0.2) is 9.97 Å². The summed E-state index contributed by atoms with van der Waals surface area (Å²) < 4.78 is 0. The van der Waals surface area contributed by atoms with Gasteiger partial charge >= 0.3 is 0 Å². The van der Waals surface area contributed by atoms with Gasteiger partial charge in [-0.2, -0.15) is 0 Å². The molecule has 3 nitrogen and oxygen atoms in total. The van der Waals surface area contributed by atoms with Crippen LogP contribution < -0.4 is 5.32 Å². The van der Waals surface area contributed by atoms with E-state index in [1.807, 2.05) is 43.4 Å². The molecule has 0 fully saturated rings. The van der Waals surface area contributed by atoms with E-state index in [4.69, 9.17) is 11.6 Å². The largest absolute Gasteiger partial charge is 0.339 e. The first-order valence-electron chi connectivity index (χ1n) is 7.44. The van der Waals surface area contributed by atoms with E-state index in [9.17, 15) is 0 Å². The number of rotatable bonds is 2. The van der Waals surface area contributed by atoms with Crippen LogP contribution >= 0.6 is 22.9 Å². The van der Waals surface area contributed by atoms with E-state index in [0.29, 0.717) is 0 Å². The normalized spacial score (nSPS) is 13.6. The summed E-state index contributed by atoms with van der Waals surface area (Å²) in [6.07, 6.45) is 3.54. The zero-order chi connectivity index (χ0) is 15.3. The Morgan fingerprint density at radius 3 is 2.91 bits per heavy atom. The fraction of sp³-hybridized carbons (Fsp3) is 0.294. The van der Waals surface area contributed by atoms with Crippen molar-refractivity contribution < 1.29 is 0 Å². The highest BCUT2D eigenvalue weighted by atomic mass is 35.5. The molecule has 1 aliphatic rings. The van der Waals surface area contributed by atoms with Gasteiger partial charge in [-0.3, -0.25) is 0 Å². The second-order valence-electron chi connectivity index (χ2n) is 5.69. The number of fused-ring (bicyclic) bond motifs is 3. The minimum absolute atomic E-state index is 0.766. The second kappa shape index (κ2) is 5.21. The molecule has 0 unspecified atom stereocenters. The smallest absolute Gasteiger partial charge is 0.143 e. The van der Waals surface area contributed by atoms with Crippen molar-refractivity contribution in [3.8, 4) is 0 Å². The van der Waals surface area contributed by atoms with E-state index in [1.165, 1.54) is 28.7 Å². The molecule has 3 aromatic rings. The van der Waals surface area contributed by atoms with Gasteiger partial charge in [-0.15, -0.1) is 11.3 Å². The molecule has 2 heterocycles. The van der Waals surface area contributed by atoms with E-state index >= 15 is 0 Å². The van der Waals surface area contributed by atoms with Crippen LogP contribution in [-0.4, -0.2) is 9.97 Å². The lowest BCUT2D eigenvalue weighted by molar-refractivity contribution is 0.917. The molecule has 0 saturated heterocycles. The number of benzene rings is 1. The number of hydrogen-bond acceptors (Lipinski definition) is 4. The molecule has 2 aromatic heterocycles. The highest BCUT2D eigenvalue weighted by Gasteiger charge is 2.22. The molecule has 1 aliphatic carbocycles. The Bertz CT molecular complexity index is 885. The number of nitrogens with one attached hydrogen (secondary N) is 1. The molecule has 22 heavy (non-hydrogen) atoms. The third-order valence-corrected chi connectivity index (χ3v) is 5.79. The molecule has 0 atom stereocenters. The quantitative estimate of drug-likeness (QED) is 0.702. The summed E-state index contributed by atoms with van der Waals surface area (Å²) in [5.74, 6) is 1.71. The van der Waals surface area contributed by atoms with Crippen LogP contribution in [0.25, 0.3) is 10.2 Å². The molecule has 1 N–H and O–H groups in total. The van der Waals surface area contributed by atoms with Crippen molar-refractivity contribution in [3.05, 3.63) is 45.1 Å². The maximum absolute atomic E-state index is 6.23. The van der Waals surface area contributed by atoms with E-state index in [-0.39, 0.29) is 0 Å². The lowest BCUT2D eigenvalue weighted by Gasteiger charge is -2.12. The van der Waals surface area contributed by atoms with Gasteiger partial charge in [0.15, 0.2) is 0 Å². The van der Waals surface area contributed by atoms with Gasteiger partial charge in [0.1, 0.15) is 16.5 Å².